The van der Waals surface area contributed by atoms with E-state index in [1.165, 1.54) is 12.8 Å². The summed E-state index contributed by atoms with van der Waals surface area (Å²) in [6, 6.07) is 0.196. The average molecular weight is 196 g/mol. The van der Waals surface area contributed by atoms with Crippen molar-refractivity contribution < 1.29 is 4.79 Å². The average Bonchev–Trinajstić information content (AvgIpc) is 2.86. The first-order valence-corrected chi connectivity index (χ1v) is 5.68. The highest BCUT2D eigenvalue weighted by Crippen LogP contribution is 2.33. The van der Waals surface area contributed by atoms with Gasteiger partial charge in [0, 0.05) is 25.6 Å². The minimum atomic E-state index is 0.196. The summed E-state index contributed by atoms with van der Waals surface area (Å²) in [4.78, 5) is 13.8. The highest BCUT2D eigenvalue weighted by atomic mass is 16.2. The first-order chi connectivity index (χ1) is 6.65. The van der Waals surface area contributed by atoms with Crippen molar-refractivity contribution in [2.45, 2.75) is 38.6 Å². The Kier molecular flexibility index (Phi) is 2.77. The zero-order valence-corrected chi connectivity index (χ0v) is 8.91. The molecule has 3 nitrogen and oxygen atoms in total. The lowest BCUT2D eigenvalue weighted by atomic mass is 9.96. The van der Waals surface area contributed by atoms with Crippen LogP contribution >= 0.6 is 0 Å². The molecule has 1 heterocycles. The molecule has 0 aromatic carbocycles. The van der Waals surface area contributed by atoms with E-state index in [1.54, 1.807) is 0 Å². The molecule has 2 fully saturated rings. The Morgan fingerprint density at radius 2 is 2.14 bits per heavy atom. The lowest BCUT2D eigenvalue weighted by Crippen LogP contribution is -2.48. The van der Waals surface area contributed by atoms with Crippen molar-refractivity contribution in [1.29, 1.82) is 0 Å². The van der Waals surface area contributed by atoms with Gasteiger partial charge in [-0.05, 0) is 31.1 Å². The number of nitrogens with zero attached hydrogens (tertiary/aromatic N) is 1. The van der Waals surface area contributed by atoms with Crippen LogP contribution in [0.2, 0.25) is 0 Å². The van der Waals surface area contributed by atoms with Gasteiger partial charge in [0.15, 0.2) is 0 Å². The molecule has 0 radical (unpaired) electrons. The monoisotopic (exact) mass is 196 g/mol. The number of nitrogens with two attached hydrogens (primary N) is 1. The van der Waals surface area contributed by atoms with E-state index in [0.29, 0.717) is 17.7 Å². The molecule has 0 aromatic rings. The van der Waals surface area contributed by atoms with Gasteiger partial charge in [-0.2, -0.15) is 0 Å². The Morgan fingerprint density at radius 3 is 2.71 bits per heavy atom. The second-order valence-electron chi connectivity index (χ2n) is 5.05. The van der Waals surface area contributed by atoms with Gasteiger partial charge >= 0.3 is 0 Å². The quantitative estimate of drug-likeness (QED) is 0.715. The molecule has 1 saturated carbocycles. The second kappa shape index (κ2) is 3.89. The number of amides is 1. The summed E-state index contributed by atoms with van der Waals surface area (Å²) >= 11 is 0. The fourth-order valence-corrected chi connectivity index (χ4v) is 2.30. The molecule has 1 amide bonds. The van der Waals surface area contributed by atoms with Crippen LogP contribution in [-0.2, 0) is 4.79 Å². The third kappa shape index (κ3) is 2.47. The van der Waals surface area contributed by atoms with E-state index in [1.807, 2.05) is 4.90 Å². The van der Waals surface area contributed by atoms with Crippen LogP contribution in [0.4, 0.5) is 0 Å². The van der Waals surface area contributed by atoms with Crippen LogP contribution in [0.3, 0.4) is 0 Å². The summed E-state index contributed by atoms with van der Waals surface area (Å²) in [6.07, 6.45) is 4.33. The van der Waals surface area contributed by atoms with E-state index >= 15 is 0 Å². The van der Waals surface area contributed by atoms with E-state index in [9.17, 15) is 4.79 Å². The number of hydrogen-bond donors (Lipinski definition) is 1. The largest absolute Gasteiger partial charge is 0.341 e. The minimum absolute atomic E-state index is 0.196. The molecule has 1 saturated heterocycles. The van der Waals surface area contributed by atoms with Gasteiger partial charge in [-0.25, -0.2) is 0 Å². The van der Waals surface area contributed by atoms with E-state index in [-0.39, 0.29) is 6.04 Å². The third-order valence-electron chi connectivity index (χ3n) is 3.20. The van der Waals surface area contributed by atoms with Crippen LogP contribution in [0.25, 0.3) is 0 Å². The zero-order valence-electron chi connectivity index (χ0n) is 8.91. The summed E-state index contributed by atoms with van der Waals surface area (Å²) in [5.74, 6) is 1.59. The van der Waals surface area contributed by atoms with Crippen molar-refractivity contribution in [3.05, 3.63) is 0 Å². The molecule has 3 heteroatoms. The summed E-state index contributed by atoms with van der Waals surface area (Å²) in [7, 11) is 0. The van der Waals surface area contributed by atoms with Crippen LogP contribution in [0.15, 0.2) is 0 Å². The molecule has 2 N–H and O–H groups in total. The number of hydrogen-bond acceptors (Lipinski definition) is 2. The normalized spacial score (nSPS) is 33.1. The van der Waals surface area contributed by atoms with Gasteiger partial charge in [-0.3, -0.25) is 4.79 Å². The van der Waals surface area contributed by atoms with Crippen molar-refractivity contribution in [2.75, 3.05) is 13.1 Å². The molecule has 2 rings (SSSR count). The fraction of sp³-hybridized carbons (Fsp3) is 0.909. The predicted octanol–water partition coefficient (Wildman–Crippen LogP) is 0.982. The molecule has 1 aliphatic carbocycles. The Bertz CT molecular complexity index is 215. The number of carbonyl (C=O) groups is 1. The number of piperidine rings is 1. The van der Waals surface area contributed by atoms with E-state index < -0.39 is 0 Å². The maximum atomic E-state index is 11.8. The highest BCUT2D eigenvalue weighted by molar-refractivity contribution is 5.76. The molecule has 2 aliphatic rings. The first-order valence-electron chi connectivity index (χ1n) is 5.68. The van der Waals surface area contributed by atoms with Gasteiger partial charge in [0.2, 0.25) is 5.91 Å². The van der Waals surface area contributed by atoms with Crippen molar-refractivity contribution >= 4 is 5.91 Å². The lowest BCUT2D eigenvalue weighted by Gasteiger charge is -2.34. The molecule has 0 bridgehead atoms. The summed E-state index contributed by atoms with van der Waals surface area (Å²) in [5.41, 5.74) is 5.91. The summed E-state index contributed by atoms with van der Waals surface area (Å²) < 4.78 is 0. The first kappa shape index (κ1) is 9.97. The standard InChI is InChI=1S/C11H20N2O/c1-8-4-10(12)7-13(6-8)11(14)5-9-2-3-9/h8-10H,2-7,12H2,1H3. The molecule has 0 spiro atoms. The van der Waals surface area contributed by atoms with Crippen molar-refractivity contribution in [3.63, 3.8) is 0 Å². The summed E-state index contributed by atoms with van der Waals surface area (Å²) in [6.45, 7) is 3.87. The topological polar surface area (TPSA) is 46.3 Å². The Labute approximate surface area is 85.6 Å². The van der Waals surface area contributed by atoms with Crippen LogP contribution in [-0.4, -0.2) is 29.9 Å². The van der Waals surface area contributed by atoms with Crippen molar-refractivity contribution in [3.8, 4) is 0 Å². The van der Waals surface area contributed by atoms with E-state index in [2.05, 4.69) is 6.92 Å². The van der Waals surface area contributed by atoms with Gasteiger partial charge in [0.25, 0.3) is 0 Å². The molecule has 80 valence electrons. The van der Waals surface area contributed by atoms with Crippen LogP contribution in [0.5, 0.6) is 0 Å². The Morgan fingerprint density at radius 1 is 1.43 bits per heavy atom. The van der Waals surface area contributed by atoms with Gasteiger partial charge in [0.05, 0.1) is 0 Å². The SMILES string of the molecule is CC1CC(N)CN(C(=O)CC2CC2)C1. The molecule has 14 heavy (non-hydrogen) atoms. The van der Waals surface area contributed by atoms with E-state index in [0.717, 1.165) is 25.9 Å². The highest BCUT2D eigenvalue weighted by Gasteiger charge is 2.30. The number of rotatable bonds is 2. The van der Waals surface area contributed by atoms with Gasteiger partial charge in [0.1, 0.15) is 0 Å². The maximum Gasteiger partial charge on any atom is 0.222 e. The number of carbonyl (C=O) groups excluding carboxylic acids is 1. The Hall–Kier alpha value is -0.570. The molecule has 0 aromatic heterocycles. The Balaban J connectivity index is 1.85. The van der Waals surface area contributed by atoms with Crippen molar-refractivity contribution in [1.82, 2.24) is 4.90 Å². The van der Waals surface area contributed by atoms with Gasteiger partial charge in [-0.1, -0.05) is 6.92 Å². The van der Waals surface area contributed by atoms with Gasteiger partial charge < -0.3 is 10.6 Å². The molecule has 2 unspecified atom stereocenters. The van der Waals surface area contributed by atoms with Crippen LogP contribution < -0.4 is 5.73 Å². The third-order valence-corrected chi connectivity index (χ3v) is 3.20. The fourth-order valence-electron chi connectivity index (χ4n) is 2.30. The smallest absolute Gasteiger partial charge is 0.222 e. The molecule has 2 atom stereocenters. The molecular weight excluding hydrogens is 176 g/mol. The minimum Gasteiger partial charge on any atom is -0.341 e. The van der Waals surface area contributed by atoms with Crippen molar-refractivity contribution in [2.24, 2.45) is 17.6 Å². The van der Waals surface area contributed by atoms with Crippen LogP contribution in [0, 0.1) is 11.8 Å². The zero-order chi connectivity index (χ0) is 10.1. The summed E-state index contributed by atoms with van der Waals surface area (Å²) in [5, 5.41) is 0. The molecular formula is C11H20N2O. The predicted molar refractivity (Wildman–Crippen MR) is 55.7 cm³/mol. The maximum absolute atomic E-state index is 11.8. The van der Waals surface area contributed by atoms with Gasteiger partial charge in [-0.15, -0.1) is 0 Å². The lowest BCUT2D eigenvalue weighted by molar-refractivity contribution is -0.133. The van der Waals surface area contributed by atoms with Crippen LogP contribution in [0.1, 0.15) is 32.6 Å². The van der Waals surface area contributed by atoms with E-state index in [4.69, 9.17) is 5.73 Å². The number of likely N-dealkylation sites (tertiary alicyclic amines) is 1. The molecule has 1 aliphatic heterocycles. The second-order valence-corrected chi connectivity index (χ2v) is 5.05.